The molecule has 2 aromatic heterocycles. The van der Waals surface area contributed by atoms with E-state index >= 15 is 4.39 Å². The third-order valence-electron chi connectivity index (χ3n) is 14.6. The van der Waals surface area contributed by atoms with E-state index in [1.54, 1.807) is 7.11 Å². The summed E-state index contributed by atoms with van der Waals surface area (Å²) in [6.07, 6.45) is 9.93. The highest BCUT2D eigenvalue weighted by molar-refractivity contribution is 6.23. The molecule has 0 radical (unpaired) electrons. The third-order valence-corrected chi connectivity index (χ3v) is 14.6. The fourth-order valence-corrected chi connectivity index (χ4v) is 11.2. The third kappa shape index (κ3) is 6.62. The number of amides is 4. The van der Waals surface area contributed by atoms with Crippen LogP contribution >= 0.6 is 0 Å². The van der Waals surface area contributed by atoms with E-state index in [1.807, 2.05) is 37.5 Å². The van der Waals surface area contributed by atoms with Gasteiger partial charge in [0.2, 0.25) is 17.8 Å². The SMILES string of the molecule is CCC(F)(COC)CN1[C@H](c2cnc(N3CC4(CCC(CN5Cc6cc7c(cc6C5)C(=O)N(C5CCC(=O)NC5=O)C7=O)CC4)C3)nc2)c2[nH]c3ccccc3c2C[C@H]1C. The van der Waals surface area contributed by atoms with Crippen molar-refractivity contribution < 1.29 is 28.3 Å². The zero-order valence-electron chi connectivity index (χ0n) is 34.6. The average molecular weight is 817 g/mol. The number of rotatable bonds is 10. The number of alkyl halides is 1. The summed E-state index contributed by atoms with van der Waals surface area (Å²) in [5.74, 6) is -0.570. The van der Waals surface area contributed by atoms with E-state index in [4.69, 9.17) is 14.7 Å². The number of hydrogen-bond acceptors (Lipinski definition) is 10. The fraction of sp³-hybridized carbons (Fsp3) is 0.522. The van der Waals surface area contributed by atoms with Gasteiger partial charge in [0.25, 0.3) is 11.8 Å². The Morgan fingerprint density at radius 3 is 2.30 bits per heavy atom. The second kappa shape index (κ2) is 14.8. The summed E-state index contributed by atoms with van der Waals surface area (Å²) in [5.41, 5.74) is 6.01. The van der Waals surface area contributed by atoms with E-state index in [-0.39, 0.29) is 49.4 Å². The summed E-state index contributed by atoms with van der Waals surface area (Å²) in [4.78, 5) is 72.5. The van der Waals surface area contributed by atoms with Crippen LogP contribution in [0.15, 0.2) is 48.8 Å². The number of carbonyl (C=O) groups is 4. The Morgan fingerprint density at radius 2 is 1.65 bits per heavy atom. The molecule has 2 saturated heterocycles. The average Bonchev–Trinajstić information content (AvgIpc) is 3.87. The Bertz CT molecular complexity index is 2340. The number of H-pyrrole nitrogens is 1. The summed E-state index contributed by atoms with van der Waals surface area (Å²) >= 11 is 0. The first-order chi connectivity index (χ1) is 28.9. The molecule has 0 bridgehead atoms. The van der Waals surface area contributed by atoms with Gasteiger partial charge in [-0.15, -0.1) is 0 Å². The maximum Gasteiger partial charge on any atom is 0.262 e. The number of ether oxygens (including phenoxy) is 1. The highest BCUT2D eigenvalue weighted by atomic mass is 19.1. The highest BCUT2D eigenvalue weighted by Crippen LogP contribution is 2.48. The number of methoxy groups -OCH3 is 1. The molecule has 4 atom stereocenters. The maximum absolute atomic E-state index is 16.2. The van der Waals surface area contributed by atoms with Gasteiger partial charge in [-0.2, -0.15) is 0 Å². The molecule has 3 fully saturated rings. The normalized spacial score (nSPS) is 25.4. The number of nitrogens with zero attached hydrogens (tertiary/aromatic N) is 6. The lowest BCUT2D eigenvalue weighted by Gasteiger charge is -2.53. The van der Waals surface area contributed by atoms with Gasteiger partial charge in [0.1, 0.15) is 11.7 Å². The second-order valence-corrected chi connectivity index (χ2v) is 18.5. The Hall–Kier alpha value is -5.05. The molecule has 1 saturated carbocycles. The molecule has 4 aromatic rings. The Labute approximate surface area is 349 Å². The van der Waals surface area contributed by atoms with Crippen LogP contribution in [-0.2, 0) is 33.8 Å². The molecule has 60 heavy (non-hydrogen) atoms. The molecule has 7 heterocycles. The number of nitrogens with one attached hydrogen (secondary N) is 2. The molecular formula is C46H53FN8O5. The summed E-state index contributed by atoms with van der Waals surface area (Å²) in [6.45, 7) is 8.66. The van der Waals surface area contributed by atoms with Crippen molar-refractivity contribution in [3.63, 3.8) is 0 Å². The minimum Gasteiger partial charge on any atom is -0.381 e. The van der Waals surface area contributed by atoms with E-state index in [0.29, 0.717) is 23.5 Å². The van der Waals surface area contributed by atoms with Crippen molar-refractivity contribution in [3.8, 4) is 0 Å². The number of para-hydroxylation sites is 1. The lowest BCUT2D eigenvalue weighted by Crippen LogP contribution is -2.58. The van der Waals surface area contributed by atoms with Crippen molar-refractivity contribution in [1.29, 1.82) is 0 Å². The number of halogens is 1. The van der Waals surface area contributed by atoms with Gasteiger partial charge in [-0.3, -0.25) is 39.2 Å². The number of benzene rings is 2. The summed E-state index contributed by atoms with van der Waals surface area (Å²) in [7, 11) is 1.56. The molecule has 2 N–H and O–H groups in total. The molecule has 1 aliphatic carbocycles. The van der Waals surface area contributed by atoms with E-state index in [2.05, 4.69) is 50.1 Å². The largest absolute Gasteiger partial charge is 0.381 e. The monoisotopic (exact) mass is 816 g/mol. The Kier molecular flexibility index (Phi) is 9.67. The van der Waals surface area contributed by atoms with Gasteiger partial charge in [-0.25, -0.2) is 14.4 Å². The summed E-state index contributed by atoms with van der Waals surface area (Å²) in [6, 6.07) is 11.0. The van der Waals surface area contributed by atoms with Crippen LogP contribution in [0.25, 0.3) is 10.9 Å². The van der Waals surface area contributed by atoms with Gasteiger partial charge in [0.05, 0.1) is 23.8 Å². The molecule has 2 aromatic carbocycles. The van der Waals surface area contributed by atoms with Crippen LogP contribution in [0.4, 0.5) is 10.3 Å². The first-order valence-electron chi connectivity index (χ1n) is 21.6. The number of aromatic nitrogens is 3. The predicted molar refractivity (Wildman–Crippen MR) is 222 cm³/mol. The van der Waals surface area contributed by atoms with Crippen LogP contribution in [0, 0.1) is 11.3 Å². The maximum atomic E-state index is 16.2. The zero-order chi connectivity index (χ0) is 41.5. The van der Waals surface area contributed by atoms with Gasteiger partial charge >= 0.3 is 0 Å². The Balaban J connectivity index is 0.765. The lowest BCUT2D eigenvalue weighted by atomic mass is 9.66. The van der Waals surface area contributed by atoms with Crippen LogP contribution in [0.3, 0.4) is 0 Å². The van der Waals surface area contributed by atoms with Crippen LogP contribution in [0.5, 0.6) is 0 Å². The first kappa shape index (κ1) is 39.1. The number of aromatic amines is 1. The molecule has 6 aliphatic rings. The molecular weight excluding hydrogens is 764 g/mol. The van der Waals surface area contributed by atoms with Gasteiger partial charge in [0, 0.05) is 98.8 Å². The number of anilines is 1. The van der Waals surface area contributed by atoms with Gasteiger partial charge in [-0.05, 0) is 92.7 Å². The molecule has 1 spiro atoms. The minimum absolute atomic E-state index is 0.0440. The van der Waals surface area contributed by atoms with Crippen molar-refractivity contribution in [2.24, 2.45) is 11.3 Å². The molecule has 5 aliphatic heterocycles. The standard InChI is InChI=1S/C46H53FN8O5/c1-4-46(47,26-60-3)25-54-27(2)15-33-32-7-5-6-8-36(32)50-39(33)40(54)31-18-48-44(49-19-31)53-23-45(24-53)13-11-28(12-14-45)20-52-21-29-16-34-35(17-30(29)22-52)43(59)55(42(34)58)37-9-10-38(56)51-41(37)57/h5-8,16-19,27-28,37,40,50H,4,9-15,20-26H2,1-3H3,(H,51,56,57)/t27-,37?,40-,46?/m1/s1. The quantitative estimate of drug-likeness (QED) is 0.198. The molecule has 14 heteroatoms. The number of imide groups is 2. The number of piperidine rings is 1. The van der Waals surface area contributed by atoms with E-state index in [1.165, 1.54) is 10.9 Å². The topological polar surface area (TPSA) is 144 Å². The predicted octanol–water partition coefficient (Wildman–Crippen LogP) is 5.47. The van der Waals surface area contributed by atoms with Gasteiger partial charge in [0.15, 0.2) is 0 Å². The van der Waals surface area contributed by atoms with Crippen LogP contribution in [0.2, 0.25) is 0 Å². The van der Waals surface area contributed by atoms with Crippen molar-refractivity contribution in [2.45, 2.75) is 102 Å². The highest BCUT2D eigenvalue weighted by Gasteiger charge is 2.48. The summed E-state index contributed by atoms with van der Waals surface area (Å²) in [5, 5.41) is 3.48. The number of hydrogen-bond donors (Lipinski definition) is 2. The van der Waals surface area contributed by atoms with Crippen molar-refractivity contribution in [2.75, 3.05) is 44.8 Å². The van der Waals surface area contributed by atoms with Crippen LogP contribution in [0.1, 0.15) is 113 Å². The lowest BCUT2D eigenvalue weighted by molar-refractivity contribution is -0.136. The van der Waals surface area contributed by atoms with Crippen LogP contribution < -0.4 is 10.2 Å². The second-order valence-electron chi connectivity index (χ2n) is 18.5. The molecule has 13 nitrogen and oxygen atoms in total. The first-order valence-corrected chi connectivity index (χ1v) is 21.6. The molecule has 10 rings (SSSR count). The van der Waals surface area contributed by atoms with Crippen molar-refractivity contribution >= 4 is 40.5 Å². The smallest absolute Gasteiger partial charge is 0.262 e. The summed E-state index contributed by atoms with van der Waals surface area (Å²) < 4.78 is 21.6. The fourth-order valence-electron chi connectivity index (χ4n) is 11.2. The molecule has 4 amide bonds. The zero-order valence-corrected chi connectivity index (χ0v) is 34.6. The molecule has 314 valence electrons. The van der Waals surface area contributed by atoms with Gasteiger partial charge in [-0.1, -0.05) is 25.1 Å². The van der Waals surface area contributed by atoms with Gasteiger partial charge < -0.3 is 14.6 Å². The van der Waals surface area contributed by atoms with E-state index in [9.17, 15) is 19.2 Å². The van der Waals surface area contributed by atoms with Crippen molar-refractivity contribution in [3.05, 3.63) is 87.9 Å². The van der Waals surface area contributed by atoms with Crippen molar-refractivity contribution in [1.82, 2.24) is 35.0 Å². The Morgan fingerprint density at radius 1 is 0.967 bits per heavy atom. The van der Waals surface area contributed by atoms with E-state index in [0.717, 1.165) is 104 Å². The van der Waals surface area contributed by atoms with Crippen LogP contribution in [-0.4, -0.2) is 111 Å². The molecule has 2 unspecified atom stereocenters. The minimum atomic E-state index is -1.48. The number of fused-ring (bicyclic) bond motifs is 5. The number of carbonyl (C=O) groups excluding carboxylic acids is 4. The van der Waals surface area contributed by atoms with E-state index < -0.39 is 29.4 Å².